The molecule has 152 valence electrons. The van der Waals surface area contributed by atoms with Gasteiger partial charge in [-0.25, -0.2) is 0 Å². The van der Waals surface area contributed by atoms with Crippen molar-refractivity contribution in [2.24, 2.45) is 0 Å². The molecule has 6 nitrogen and oxygen atoms in total. The maximum Gasteiger partial charge on any atom is 0.272 e. The molecule has 3 aromatic rings. The third kappa shape index (κ3) is 5.83. The first-order chi connectivity index (χ1) is 14.4. The van der Waals surface area contributed by atoms with Gasteiger partial charge in [0.05, 0.1) is 11.6 Å². The zero-order chi connectivity index (χ0) is 21.5. The number of benzene rings is 2. The quantitative estimate of drug-likeness (QED) is 0.588. The summed E-state index contributed by atoms with van der Waals surface area (Å²) in [4.78, 5) is 33.4. The van der Waals surface area contributed by atoms with E-state index in [0.29, 0.717) is 11.1 Å². The SMILES string of the molecule is CN(C)CCSc1ccc(C=c2[nH]c(=O)c(=Cc3cccc(C#N)c3)[nH]c2=O)cc1. The van der Waals surface area contributed by atoms with Crippen LogP contribution in [0.1, 0.15) is 16.7 Å². The van der Waals surface area contributed by atoms with Crippen molar-refractivity contribution in [2.75, 3.05) is 26.4 Å². The summed E-state index contributed by atoms with van der Waals surface area (Å²) >= 11 is 1.77. The third-order valence-corrected chi connectivity index (χ3v) is 5.30. The summed E-state index contributed by atoms with van der Waals surface area (Å²) in [5, 5.41) is 9.32. The second kappa shape index (κ2) is 9.92. The van der Waals surface area contributed by atoms with Crippen LogP contribution in [0.2, 0.25) is 0 Å². The molecule has 3 rings (SSSR count). The van der Waals surface area contributed by atoms with Crippen molar-refractivity contribution in [2.45, 2.75) is 4.90 Å². The molecule has 1 heterocycles. The van der Waals surface area contributed by atoms with Crippen molar-refractivity contribution in [1.29, 1.82) is 5.26 Å². The van der Waals surface area contributed by atoms with E-state index in [1.807, 2.05) is 44.4 Å². The smallest absolute Gasteiger partial charge is 0.272 e. The lowest BCUT2D eigenvalue weighted by atomic mass is 10.1. The molecule has 0 radical (unpaired) electrons. The first kappa shape index (κ1) is 21.4. The molecule has 0 bridgehead atoms. The minimum atomic E-state index is -0.404. The number of hydrogen-bond acceptors (Lipinski definition) is 5. The van der Waals surface area contributed by atoms with Gasteiger partial charge in [0.1, 0.15) is 10.7 Å². The summed E-state index contributed by atoms with van der Waals surface area (Å²) in [5.41, 5.74) is 1.18. The molecular weight excluding hydrogens is 396 g/mol. The molecule has 2 N–H and O–H groups in total. The monoisotopic (exact) mass is 418 g/mol. The maximum absolute atomic E-state index is 12.4. The average molecular weight is 419 g/mol. The van der Waals surface area contributed by atoms with E-state index in [4.69, 9.17) is 5.26 Å². The molecular formula is C23H22N4O2S. The summed E-state index contributed by atoms with van der Waals surface area (Å²) in [6, 6.07) is 16.7. The molecule has 0 saturated carbocycles. The van der Waals surface area contributed by atoms with Crippen LogP contribution in [0.5, 0.6) is 0 Å². The maximum atomic E-state index is 12.4. The molecule has 0 aliphatic heterocycles. The van der Waals surface area contributed by atoms with Gasteiger partial charge in [-0.3, -0.25) is 9.59 Å². The van der Waals surface area contributed by atoms with E-state index in [1.165, 1.54) is 0 Å². The first-order valence-corrected chi connectivity index (χ1v) is 10.4. The van der Waals surface area contributed by atoms with Crippen molar-refractivity contribution in [3.05, 3.63) is 96.6 Å². The van der Waals surface area contributed by atoms with Crippen LogP contribution in [0, 0.1) is 11.3 Å². The van der Waals surface area contributed by atoms with Gasteiger partial charge < -0.3 is 14.9 Å². The van der Waals surface area contributed by atoms with Gasteiger partial charge in [0.15, 0.2) is 0 Å². The number of hydrogen-bond donors (Lipinski definition) is 2. The normalized spacial score (nSPS) is 12.3. The van der Waals surface area contributed by atoms with Gasteiger partial charge in [0.25, 0.3) is 11.1 Å². The van der Waals surface area contributed by atoms with Gasteiger partial charge in [0, 0.05) is 17.2 Å². The summed E-state index contributed by atoms with van der Waals surface area (Å²) in [5.74, 6) is 0.998. The van der Waals surface area contributed by atoms with Crippen LogP contribution >= 0.6 is 11.8 Å². The molecule has 0 spiro atoms. The Hall–Kier alpha value is -3.34. The standard InChI is InChI=1S/C23H22N4O2S/c1-27(2)10-11-30-19-8-6-16(7-9-19)13-20-22(28)26-21(23(29)25-20)14-17-4-3-5-18(12-17)15-24/h3-9,12-14H,10-11H2,1-2H3,(H,25,29)(H,26,28). The summed E-state index contributed by atoms with van der Waals surface area (Å²) in [7, 11) is 4.09. The van der Waals surface area contributed by atoms with E-state index in [2.05, 4.69) is 14.9 Å². The fourth-order valence-electron chi connectivity index (χ4n) is 2.73. The average Bonchev–Trinajstić information content (AvgIpc) is 2.73. The minimum absolute atomic E-state index is 0.139. The fraction of sp³-hybridized carbons (Fsp3) is 0.174. The highest BCUT2D eigenvalue weighted by molar-refractivity contribution is 7.99. The van der Waals surface area contributed by atoms with E-state index >= 15 is 0 Å². The number of nitriles is 1. The number of nitrogens with zero attached hydrogens (tertiary/aromatic N) is 2. The largest absolute Gasteiger partial charge is 0.316 e. The Morgan fingerprint density at radius 3 is 2.20 bits per heavy atom. The van der Waals surface area contributed by atoms with Gasteiger partial charge in [-0.1, -0.05) is 24.3 Å². The molecule has 30 heavy (non-hydrogen) atoms. The Kier molecular flexibility index (Phi) is 7.07. The second-order valence-electron chi connectivity index (χ2n) is 6.98. The molecule has 0 fully saturated rings. The van der Waals surface area contributed by atoms with E-state index in [1.54, 1.807) is 48.2 Å². The topological polar surface area (TPSA) is 92.8 Å². The van der Waals surface area contributed by atoms with Gasteiger partial charge in [-0.15, -0.1) is 11.8 Å². The number of rotatable bonds is 6. The van der Waals surface area contributed by atoms with Gasteiger partial charge in [-0.2, -0.15) is 5.26 Å². The van der Waals surface area contributed by atoms with E-state index < -0.39 is 5.56 Å². The molecule has 0 unspecified atom stereocenters. The first-order valence-electron chi connectivity index (χ1n) is 9.38. The molecule has 1 aromatic heterocycles. The van der Waals surface area contributed by atoms with Crippen molar-refractivity contribution < 1.29 is 0 Å². The molecule has 0 amide bonds. The number of nitrogens with one attached hydrogen (secondary N) is 2. The lowest BCUT2D eigenvalue weighted by Crippen LogP contribution is -2.46. The number of aromatic nitrogens is 2. The fourth-order valence-corrected chi connectivity index (χ4v) is 3.75. The number of H-pyrrole nitrogens is 2. The molecule has 0 aliphatic rings. The minimum Gasteiger partial charge on any atom is -0.316 e. The predicted molar refractivity (Wildman–Crippen MR) is 121 cm³/mol. The molecule has 0 atom stereocenters. The Balaban J connectivity index is 1.87. The van der Waals surface area contributed by atoms with Crippen molar-refractivity contribution in [1.82, 2.24) is 14.9 Å². The highest BCUT2D eigenvalue weighted by Crippen LogP contribution is 2.18. The zero-order valence-electron chi connectivity index (χ0n) is 16.8. The summed E-state index contributed by atoms with van der Waals surface area (Å²) in [6.07, 6.45) is 3.19. The lowest BCUT2D eigenvalue weighted by molar-refractivity contribution is 0.437. The van der Waals surface area contributed by atoms with Crippen LogP contribution in [0.15, 0.2) is 63.0 Å². The van der Waals surface area contributed by atoms with Crippen LogP contribution in [-0.4, -0.2) is 41.3 Å². The Morgan fingerprint density at radius 2 is 1.60 bits per heavy atom. The van der Waals surface area contributed by atoms with E-state index in [0.717, 1.165) is 22.8 Å². The Labute approximate surface area is 178 Å². The number of thioether (sulfide) groups is 1. The number of aromatic amines is 2. The van der Waals surface area contributed by atoms with Crippen LogP contribution < -0.4 is 21.8 Å². The van der Waals surface area contributed by atoms with E-state index in [-0.39, 0.29) is 16.3 Å². The second-order valence-corrected chi connectivity index (χ2v) is 8.15. The lowest BCUT2D eigenvalue weighted by Gasteiger charge is -2.08. The summed E-state index contributed by atoms with van der Waals surface area (Å²) < 4.78 is 0. The summed E-state index contributed by atoms with van der Waals surface area (Å²) in [6.45, 7) is 0.999. The highest BCUT2D eigenvalue weighted by Gasteiger charge is 1.99. The van der Waals surface area contributed by atoms with Crippen molar-refractivity contribution in [3.63, 3.8) is 0 Å². The van der Waals surface area contributed by atoms with Gasteiger partial charge in [-0.05, 0) is 61.6 Å². The predicted octanol–water partition coefficient (Wildman–Crippen LogP) is 1.25. The molecule has 2 aromatic carbocycles. The van der Waals surface area contributed by atoms with Crippen molar-refractivity contribution in [3.8, 4) is 6.07 Å². The third-order valence-electron chi connectivity index (χ3n) is 4.31. The molecule has 7 heteroatoms. The van der Waals surface area contributed by atoms with Gasteiger partial charge in [0.2, 0.25) is 0 Å². The van der Waals surface area contributed by atoms with Crippen LogP contribution in [0.4, 0.5) is 0 Å². The van der Waals surface area contributed by atoms with Crippen LogP contribution in [0.3, 0.4) is 0 Å². The van der Waals surface area contributed by atoms with E-state index in [9.17, 15) is 9.59 Å². The Morgan fingerprint density at radius 1 is 0.967 bits per heavy atom. The van der Waals surface area contributed by atoms with Gasteiger partial charge >= 0.3 is 0 Å². The van der Waals surface area contributed by atoms with Crippen molar-refractivity contribution >= 4 is 23.9 Å². The zero-order valence-corrected chi connectivity index (χ0v) is 17.6. The molecule has 0 saturated heterocycles. The highest BCUT2D eigenvalue weighted by atomic mass is 32.2. The van der Waals surface area contributed by atoms with Crippen LogP contribution in [0.25, 0.3) is 12.2 Å². The molecule has 0 aliphatic carbocycles. The Bertz CT molecular complexity index is 1300. The van der Waals surface area contributed by atoms with Crippen LogP contribution in [-0.2, 0) is 0 Å².